The highest BCUT2D eigenvalue weighted by atomic mass is 35.5. The highest BCUT2D eigenvalue weighted by molar-refractivity contribution is 6.17. The average Bonchev–Trinajstić information content (AvgIpc) is 3.13. The van der Waals surface area contributed by atoms with Crippen LogP contribution in [0.5, 0.6) is 0 Å². The summed E-state index contributed by atoms with van der Waals surface area (Å²) in [7, 11) is 0. The van der Waals surface area contributed by atoms with Gasteiger partial charge in [0.1, 0.15) is 0 Å². The van der Waals surface area contributed by atoms with Crippen LogP contribution in [0.1, 0.15) is 31.7 Å². The van der Waals surface area contributed by atoms with Crippen molar-refractivity contribution in [2.75, 3.05) is 18.0 Å². The van der Waals surface area contributed by atoms with Gasteiger partial charge in [-0.2, -0.15) is 0 Å². The zero-order valence-electron chi connectivity index (χ0n) is 10.1. The van der Waals surface area contributed by atoms with E-state index < -0.39 is 0 Å². The molecular weight excluding hydrogens is 239 g/mol. The smallest absolute Gasteiger partial charge is 0.170 e. The van der Waals surface area contributed by atoms with Gasteiger partial charge in [0.25, 0.3) is 0 Å². The summed E-state index contributed by atoms with van der Waals surface area (Å²) in [6, 6.07) is 1.65. The largest absolute Gasteiger partial charge is 0.354 e. The van der Waals surface area contributed by atoms with Crippen molar-refractivity contribution in [3.8, 4) is 0 Å². The fraction of sp³-hybridized carbons (Fsp3) is 0.615. The summed E-state index contributed by atoms with van der Waals surface area (Å²) < 4.78 is 14.1. The third-order valence-corrected chi connectivity index (χ3v) is 3.35. The molecular formula is C13H18ClFN2. The van der Waals surface area contributed by atoms with E-state index in [-0.39, 0.29) is 11.7 Å². The molecule has 1 aromatic heterocycles. The van der Waals surface area contributed by atoms with Crippen LogP contribution in [0.3, 0.4) is 0 Å². The lowest BCUT2D eigenvalue weighted by Crippen LogP contribution is -2.28. The zero-order valence-corrected chi connectivity index (χ0v) is 10.9. The number of aromatic nitrogens is 1. The Hall–Kier alpha value is -0.830. The second-order valence-electron chi connectivity index (χ2n) is 4.63. The van der Waals surface area contributed by atoms with Gasteiger partial charge in [0, 0.05) is 24.8 Å². The first kappa shape index (κ1) is 12.6. The van der Waals surface area contributed by atoms with Gasteiger partial charge in [-0.25, -0.2) is 9.37 Å². The van der Waals surface area contributed by atoms with Crippen molar-refractivity contribution in [1.82, 2.24) is 4.98 Å². The summed E-state index contributed by atoms with van der Waals surface area (Å²) in [5.74, 6) is 1.14. The normalized spacial score (nSPS) is 15.0. The van der Waals surface area contributed by atoms with E-state index in [4.69, 9.17) is 11.6 Å². The van der Waals surface area contributed by atoms with Gasteiger partial charge in [0.05, 0.1) is 5.88 Å². The van der Waals surface area contributed by atoms with Crippen molar-refractivity contribution in [2.24, 2.45) is 5.92 Å². The average molecular weight is 257 g/mol. The molecule has 4 heteroatoms. The summed E-state index contributed by atoms with van der Waals surface area (Å²) in [5.41, 5.74) is 0.536. The molecule has 0 N–H and O–H groups in total. The van der Waals surface area contributed by atoms with Gasteiger partial charge in [-0.1, -0.05) is 6.92 Å². The molecule has 1 fully saturated rings. The fourth-order valence-corrected chi connectivity index (χ4v) is 2.17. The fourth-order valence-electron chi connectivity index (χ4n) is 1.96. The summed E-state index contributed by atoms with van der Waals surface area (Å²) in [5, 5.41) is 0. The van der Waals surface area contributed by atoms with Crippen LogP contribution in [0.15, 0.2) is 12.3 Å². The Morgan fingerprint density at radius 1 is 1.53 bits per heavy atom. The molecule has 0 saturated heterocycles. The molecule has 0 bridgehead atoms. The molecule has 17 heavy (non-hydrogen) atoms. The lowest BCUT2D eigenvalue weighted by atomic mass is 10.2. The number of hydrogen-bond donors (Lipinski definition) is 0. The Kier molecular flexibility index (Phi) is 4.21. The third kappa shape index (κ3) is 3.09. The Morgan fingerprint density at radius 2 is 2.29 bits per heavy atom. The molecule has 94 valence electrons. The first-order valence-electron chi connectivity index (χ1n) is 6.20. The van der Waals surface area contributed by atoms with Gasteiger partial charge in [-0.15, -0.1) is 11.6 Å². The molecule has 1 saturated carbocycles. The van der Waals surface area contributed by atoms with Gasteiger partial charge in [-0.3, -0.25) is 0 Å². The van der Waals surface area contributed by atoms with Crippen LogP contribution in [0.2, 0.25) is 0 Å². The molecule has 0 aliphatic heterocycles. The van der Waals surface area contributed by atoms with E-state index in [1.807, 2.05) is 0 Å². The van der Waals surface area contributed by atoms with Crippen molar-refractivity contribution in [3.05, 3.63) is 23.6 Å². The molecule has 0 spiro atoms. The van der Waals surface area contributed by atoms with Crippen LogP contribution in [-0.4, -0.2) is 18.1 Å². The highest BCUT2D eigenvalue weighted by Crippen LogP contribution is 2.32. The molecule has 1 aliphatic rings. The monoisotopic (exact) mass is 256 g/mol. The van der Waals surface area contributed by atoms with Crippen LogP contribution in [0.4, 0.5) is 10.2 Å². The number of nitrogens with zero attached hydrogens (tertiary/aromatic N) is 2. The maximum absolute atomic E-state index is 14.1. The predicted octanol–water partition coefficient (Wildman–Crippen LogP) is 3.59. The summed E-state index contributed by atoms with van der Waals surface area (Å²) >= 11 is 5.72. The second-order valence-corrected chi connectivity index (χ2v) is 4.90. The number of alkyl halides is 1. The van der Waals surface area contributed by atoms with Gasteiger partial charge >= 0.3 is 0 Å². The molecule has 0 amide bonds. The number of rotatable bonds is 6. The van der Waals surface area contributed by atoms with E-state index in [1.54, 1.807) is 12.3 Å². The molecule has 2 nitrogen and oxygen atoms in total. The Morgan fingerprint density at radius 3 is 2.88 bits per heavy atom. The van der Waals surface area contributed by atoms with Gasteiger partial charge < -0.3 is 4.90 Å². The maximum Gasteiger partial charge on any atom is 0.170 e. The standard InChI is InChI=1S/C13H18ClFN2/c1-2-7-17(9-10-3-4-10)13-12(15)11(8-14)5-6-16-13/h5-6,10H,2-4,7-9H2,1H3. The predicted molar refractivity (Wildman–Crippen MR) is 69.0 cm³/mol. The van der Waals surface area contributed by atoms with Gasteiger partial charge in [0.15, 0.2) is 11.6 Å². The van der Waals surface area contributed by atoms with Gasteiger partial charge in [-0.05, 0) is 31.2 Å². The van der Waals surface area contributed by atoms with Crippen LogP contribution < -0.4 is 4.90 Å². The number of pyridine rings is 1. The van der Waals surface area contributed by atoms with Crippen molar-refractivity contribution in [1.29, 1.82) is 0 Å². The molecule has 1 aromatic rings. The molecule has 0 atom stereocenters. The third-order valence-electron chi connectivity index (χ3n) is 3.06. The first-order valence-corrected chi connectivity index (χ1v) is 6.74. The van der Waals surface area contributed by atoms with Gasteiger partial charge in [0.2, 0.25) is 0 Å². The molecule has 1 heterocycles. The highest BCUT2D eigenvalue weighted by Gasteiger charge is 2.26. The molecule has 1 aliphatic carbocycles. The van der Waals surface area contributed by atoms with E-state index in [2.05, 4.69) is 16.8 Å². The summed E-state index contributed by atoms with van der Waals surface area (Å²) in [6.07, 6.45) is 5.17. The molecule has 0 unspecified atom stereocenters. The van der Waals surface area contributed by atoms with E-state index in [0.717, 1.165) is 25.4 Å². The van der Waals surface area contributed by atoms with Crippen molar-refractivity contribution >= 4 is 17.4 Å². The minimum Gasteiger partial charge on any atom is -0.354 e. The Balaban J connectivity index is 2.20. The molecule has 0 radical (unpaired) electrons. The first-order chi connectivity index (χ1) is 8.26. The molecule has 0 aromatic carbocycles. The van der Waals surface area contributed by atoms with E-state index in [0.29, 0.717) is 11.4 Å². The minimum absolute atomic E-state index is 0.199. The van der Waals surface area contributed by atoms with Crippen LogP contribution in [0.25, 0.3) is 0 Å². The zero-order chi connectivity index (χ0) is 12.3. The van der Waals surface area contributed by atoms with Crippen LogP contribution in [-0.2, 0) is 5.88 Å². The summed E-state index contributed by atoms with van der Waals surface area (Å²) in [6.45, 7) is 3.87. The van der Waals surface area contributed by atoms with E-state index in [1.165, 1.54) is 12.8 Å². The number of anilines is 1. The van der Waals surface area contributed by atoms with Crippen molar-refractivity contribution in [2.45, 2.75) is 32.1 Å². The van der Waals surface area contributed by atoms with Crippen LogP contribution >= 0.6 is 11.6 Å². The SMILES string of the molecule is CCCN(CC1CC1)c1nccc(CCl)c1F. The maximum atomic E-state index is 14.1. The molecule has 2 rings (SSSR count). The van der Waals surface area contributed by atoms with Crippen molar-refractivity contribution < 1.29 is 4.39 Å². The lowest BCUT2D eigenvalue weighted by molar-refractivity contribution is 0.590. The second kappa shape index (κ2) is 5.67. The quantitative estimate of drug-likeness (QED) is 0.723. The van der Waals surface area contributed by atoms with Crippen LogP contribution in [0, 0.1) is 11.7 Å². The Labute approximate surface area is 107 Å². The summed E-state index contributed by atoms with van der Waals surface area (Å²) in [4.78, 5) is 6.24. The van der Waals surface area contributed by atoms with E-state index in [9.17, 15) is 4.39 Å². The van der Waals surface area contributed by atoms with Crippen molar-refractivity contribution in [3.63, 3.8) is 0 Å². The number of halogens is 2. The van der Waals surface area contributed by atoms with E-state index >= 15 is 0 Å². The Bertz CT molecular complexity index is 380. The number of hydrogen-bond acceptors (Lipinski definition) is 2. The topological polar surface area (TPSA) is 16.1 Å². The lowest BCUT2D eigenvalue weighted by Gasteiger charge is -2.24. The minimum atomic E-state index is -0.253.